The van der Waals surface area contributed by atoms with Gasteiger partial charge in [0.1, 0.15) is 11.2 Å². The number of nitrogens with zero attached hydrogens (tertiary/aromatic N) is 4. The molecule has 2 aromatic heterocycles. The van der Waals surface area contributed by atoms with Crippen molar-refractivity contribution in [2.24, 2.45) is 0 Å². The van der Waals surface area contributed by atoms with Crippen LogP contribution in [0.4, 0.5) is 4.79 Å². The zero-order valence-electron chi connectivity index (χ0n) is 14.2. The lowest BCUT2D eigenvalue weighted by Gasteiger charge is -2.38. The third kappa shape index (κ3) is 2.44. The highest BCUT2D eigenvalue weighted by atomic mass is 16.2. The molecule has 0 unspecified atom stereocenters. The number of aryl methyl sites for hydroxylation is 1. The van der Waals surface area contributed by atoms with Crippen LogP contribution in [0.5, 0.6) is 0 Å². The molecule has 0 atom stereocenters. The molecule has 126 valence electrons. The molecule has 1 saturated heterocycles. The van der Waals surface area contributed by atoms with Crippen LogP contribution in [0.3, 0.4) is 0 Å². The molecular formula is C16H22BN5O2. The summed E-state index contributed by atoms with van der Waals surface area (Å²) in [7, 11) is 1.57. The van der Waals surface area contributed by atoms with E-state index in [-0.39, 0.29) is 17.3 Å². The van der Waals surface area contributed by atoms with Crippen molar-refractivity contribution >= 4 is 24.7 Å². The van der Waals surface area contributed by atoms with Crippen molar-refractivity contribution in [3.8, 4) is 0 Å². The third-order valence-electron chi connectivity index (χ3n) is 5.39. The molecule has 0 spiro atoms. The van der Waals surface area contributed by atoms with Crippen LogP contribution in [0.1, 0.15) is 55.6 Å². The second-order valence-electron chi connectivity index (χ2n) is 7.09. The number of amides is 1. The molecule has 1 amide bonds. The van der Waals surface area contributed by atoms with Crippen molar-refractivity contribution in [2.75, 3.05) is 13.1 Å². The molecule has 1 saturated carbocycles. The number of H-pyrrole nitrogens is 1. The van der Waals surface area contributed by atoms with Crippen LogP contribution in [0.2, 0.25) is 0 Å². The molecule has 4 rings (SSSR count). The Balaban J connectivity index is 1.73. The molecule has 1 aliphatic carbocycles. The standard InChI is InChI=1S/C16H22BN5O2/c1-9-12-14(22(20-9)11-5-3-2-4-6-11)18-13(19-15(12)23)10-7-21(8-10)16(17)24/h10-11H,2-8,17H2,1H3,(H,18,19,23). The lowest BCUT2D eigenvalue weighted by molar-refractivity contribution is 0.170. The molecule has 3 heterocycles. The molecule has 8 heteroatoms. The van der Waals surface area contributed by atoms with Crippen LogP contribution in [-0.2, 0) is 0 Å². The Morgan fingerprint density at radius 1 is 1.25 bits per heavy atom. The fraction of sp³-hybridized carbons (Fsp3) is 0.625. The van der Waals surface area contributed by atoms with E-state index in [1.165, 1.54) is 19.3 Å². The van der Waals surface area contributed by atoms with Gasteiger partial charge in [-0.1, -0.05) is 19.3 Å². The predicted octanol–water partition coefficient (Wildman–Crippen LogP) is 1.09. The minimum atomic E-state index is -0.115. The highest BCUT2D eigenvalue weighted by molar-refractivity contribution is 6.57. The average Bonchev–Trinajstić information content (AvgIpc) is 2.84. The van der Waals surface area contributed by atoms with Crippen LogP contribution >= 0.6 is 0 Å². The Kier molecular flexibility index (Phi) is 3.70. The zero-order valence-corrected chi connectivity index (χ0v) is 14.2. The van der Waals surface area contributed by atoms with E-state index >= 15 is 0 Å². The summed E-state index contributed by atoms with van der Waals surface area (Å²) in [5.41, 5.74) is 1.34. The van der Waals surface area contributed by atoms with E-state index in [2.05, 4.69) is 10.1 Å². The lowest BCUT2D eigenvalue weighted by Crippen LogP contribution is -2.49. The van der Waals surface area contributed by atoms with Gasteiger partial charge in [0.25, 0.3) is 5.56 Å². The van der Waals surface area contributed by atoms with Crippen LogP contribution < -0.4 is 5.56 Å². The summed E-state index contributed by atoms with van der Waals surface area (Å²) >= 11 is 0. The normalized spacial score (nSPS) is 19.6. The number of nitrogens with one attached hydrogen (secondary N) is 1. The first-order valence-electron chi connectivity index (χ1n) is 8.79. The lowest BCUT2D eigenvalue weighted by atomic mass is 9.95. The topological polar surface area (TPSA) is 83.9 Å². The number of carbonyl (C=O) groups excluding carboxylic acids is 1. The average molecular weight is 327 g/mol. The smallest absolute Gasteiger partial charge is 0.262 e. The fourth-order valence-corrected chi connectivity index (χ4v) is 3.91. The Labute approximate surface area is 140 Å². The Hall–Kier alpha value is -2.12. The van der Waals surface area contributed by atoms with Crippen LogP contribution in [0, 0.1) is 6.92 Å². The van der Waals surface area contributed by atoms with Gasteiger partial charge in [0, 0.05) is 13.1 Å². The van der Waals surface area contributed by atoms with E-state index in [1.54, 1.807) is 12.7 Å². The minimum absolute atomic E-state index is 0.0674. The summed E-state index contributed by atoms with van der Waals surface area (Å²) in [4.78, 5) is 33.3. The summed E-state index contributed by atoms with van der Waals surface area (Å²) in [5.74, 6) is 0.862. The van der Waals surface area contributed by atoms with Gasteiger partial charge < -0.3 is 9.88 Å². The quantitative estimate of drug-likeness (QED) is 0.837. The van der Waals surface area contributed by atoms with E-state index in [4.69, 9.17) is 4.98 Å². The van der Waals surface area contributed by atoms with Crippen LogP contribution in [0.25, 0.3) is 11.0 Å². The SMILES string of the molecule is BC(=O)N1CC(c2nc3c(c(C)nn3C3CCCCC3)c(=O)[nH]2)C1. The van der Waals surface area contributed by atoms with E-state index < -0.39 is 0 Å². The van der Waals surface area contributed by atoms with Crippen LogP contribution in [-0.4, -0.2) is 51.4 Å². The van der Waals surface area contributed by atoms with Crippen LogP contribution in [0.15, 0.2) is 4.79 Å². The molecule has 1 N–H and O–H groups in total. The first kappa shape index (κ1) is 15.4. The maximum Gasteiger partial charge on any atom is 0.262 e. The number of rotatable bonds is 2. The molecule has 24 heavy (non-hydrogen) atoms. The first-order valence-corrected chi connectivity index (χ1v) is 8.79. The van der Waals surface area contributed by atoms with Crippen molar-refractivity contribution in [1.82, 2.24) is 24.6 Å². The van der Waals surface area contributed by atoms with Gasteiger partial charge in [-0.05, 0) is 19.8 Å². The summed E-state index contributed by atoms with van der Waals surface area (Å²) < 4.78 is 1.98. The van der Waals surface area contributed by atoms with Crippen molar-refractivity contribution in [2.45, 2.75) is 51.0 Å². The molecule has 2 fully saturated rings. The van der Waals surface area contributed by atoms with Crippen molar-refractivity contribution in [1.29, 1.82) is 0 Å². The molecule has 0 bridgehead atoms. The number of hydrogen-bond donors (Lipinski definition) is 1. The number of likely N-dealkylation sites (tertiary alicyclic amines) is 1. The molecule has 0 aromatic carbocycles. The molecule has 2 aliphatic rings. The summed E-state index contributed by atoms with van der Waals surface area (Å²) in [5, 5.41) is 5.24. The maximum atomic E-state index is 12.5. The number of hydrogen-bond acceptors (Lipinski definition) is 4. The Morgan fingerprint density at radius 3 is 2.62 bits per heavy atom. The van der Waals surface area contributed by atoms with Crippen molar-refractivity contribution in [3.63, 3.8) is 0 Å². The van der Waals surface area contributed by atoms with E-state index in [9.17, 15) is 9.59 Å². The van der Waals surface area contributed by atoms with E-state index in [0.717, 1.165) is 18.5 Å². The number of aromatic amines is 1. The van der Waals surface area contributed by atoms with Gasteiger partial charge in [-0.2, -0.15) is 5.10 Å². The van der Waals surface area contributed by atoms with Gasteiger partial charge in [-0.15, -0.1) is 0 Å². The number of carbonyl (C=O) groups is 1. The van der Waals surface area contributed by atoms with Gasteiger partial charge in [0.2, 0.25) is 7.85 Å². The van der Waals surface area contributed by atoms with Gasteiger partial charge in [0.15, 0.2) is 11.5 Å². The maximum absolute atomic E-state index is 12.5. The zero-order chi connectivity index (χ0) is 16.8. The molecule has 1 aliphatic heterocycles. The summed E-state index contributed by atoms with van der Waals surface area (Å²) in [6.45, 7) is 3.12. The first-order chi connectivity index (χ1) is 11.5. The third-order valence-corrected chi connectivity index (χ3v) is 5.39. The summed E-state index contributed by atoms with van der Waals surface area (Å²) in [6, 6.07) is 0.340. The fourth-order valence-electron chi connectivity index (χ4n) is 3.91. The molecule has 0 radical (unpaired) electrons. The second kappa shape index (κ2) is 5.75. The Morgan fingerprint density at radius 2 is 1.96 bits per heavy atom. The number of fused-ring (bicyclic) bond motifs is 1. The minimum Gasteiger partial charge on any atom is -0.350 e. The monoisotopic (exact) mass is 327 g/mol. The van der Waals surface area contributed by atoms with Gasteiger partial charge in [-0.3, -0.25) is 9.59 Å². The highest BCUT2D eigenvalue weighted by Crippen LogP contribution is 2.31. The van der Waals surface area contributed by atoms with Gasteiger partial charge in [-0.25, -0.2) is 9.67 Å². The predicted molar refractivity (Wildman–Crippen MR) is 93.3 cm³/mol. The second-order valence-corrected chi connectivity index (χ2v) is 7.09. The summed E-state index contributed by atoms with van der Waals surface area (Å²) in [6.07, 6.45) is 5.88. The van der Waals surface area contributed by atoms with Crippen molar-refractivity contribution < 1.29 is 4.79 Å². The highest BCUT2D eigenvalue weighted by Gasteiger charge is 2.32. The van der Waals surface area contributed by atoms with Gasteiger partial charge >= 0.3 is 0 Å². The number of aromatic nitrogens is 4. The van der Waals surface area contributed by atoms with E-state index in [1.807, 2.05) is 11.6 Å². The largest absolute Gasteiger partial charge is 0.350 e. The van der Waals surface area contributed by atoms with Crippen molar-refractivity contribution in [3.05, 3.63) is 21.9 Å². The molecule has 2 aromatic rings. The van der Waals surface area contributed by atoms with E-state index in [0.29, 0.717) is 36.0 Å². The molecule has 7 nitrogen and oxygen atoms in total. The Bertz CT molecular complexity index is 846. The molecular weight excluding hydrogens is 305 g/mol. The van der Waals surface area contributed by atoms with Gasteiger partial charge in [0.05, 0.1) is 17.7 Å².